The molecule has 1 N–H and O–H groups in total. The highest BCUT2D eigenvalue weighted by Crippen LogP contribution is 2.25. The molecule has 0 amide bonds. The van der Waals surface area contributed by atoms with Crippen LogP contribution in [-0.2, 0) is 0 Å². The van der Waals surface area contributed by atoms with Crippen molar-refractivity contribution in [2.24, 2.45) is 11.8 Å². The molecular formula is C16H25NO. The number of aliphatic hydroxyl groups is 1. The molecule has 1 fully saturated rings. The van der Waals surface area contributed by atoms with Crippen LogP contribution in [0.1, 0.15) is 37.5 Å². The molecule has 18 heavy (non-hydrogen) atoms. The van der Waals surface area contributed by atoms with Crippen LogP contribution >= 0.6 is 0 Å². The summed E-state index contributed by atoms with van der Waals surface area (Å²) in [6.07, 6.45) is 0.926. The van der Waals surface area contributed by atoms with Gasteiger partial charge in [0, 0.05) is 13.1 Å². The second-order valence-electron chi connectivity index (χ2n) is 5.98. The molecule has 1 heterocycles. The van der Waals surface area contributed by atoms with Gasteiger partial charge in [0.1, 0.15) is 0 Å². The summed E-state index contributed by atoms with van der Waals surface area (Å²) >= 11 is 0. The molecule has 2 nitrogen and oxygen atoms in total. The third kappa shape index (κ3) is 3.33. The molecular weight excluding hydrogens is 222 g/mol. The Morgan fingerprint density at radius 3 is 2.50 bits per heavy atom. The number of nitrogens with zero attached hydrogens (tertiary/aromatic N) is 1. The number of β-amino-alcohol motifs (C(OH)–C–C–N with tert-alkyl or cyclic N) is 1. The molecule has 1 aromatic carbocycles. The van der Waals surface area contributed by atoms with Crippen LogP contribution in [0.3, 0.4) is 0 Å². The first-order valence-corrected chi connectivity index (χ1v) is 7.03. The topological polar surface area (TPSA) is 23.5 Å². The highest BCUT2D eigenvalue weighted by Gasteiger charge is 2.26. The molecule has 0 aromatic heterocycles. The first kappa shape index (κ1) is 13.6. The van der Waals surface area contributed by atoms with E-state index in [1.807, 2.05) is 12.1 Å². The van der Waals surface area contributed by atoms with E-state index >= 15 is 0 Å². The van der Waals surface area contributed by atoms with E-state index in [-0.39, 0.29) is 6.10 Å². The van der Waals surface area contributed by atoms with Crippen molar-refractivity contribution >= 4 is 0 Å². The number of hydrogen-bond donors (Lipinski definition) is 1. The standard InChI is InChI=1S/C16H25NO/c1-12(2)15-8-9-17(10-15)11-16(18)14-6-4-13(3)5-7-14/h4-7,12,15-16,18H,8-11H2,1-3H3. The molecule has 1 aliphatic heterocycles. The van der Waals surface area contributed by atoms with Gasteiger partial charge in [0.05, 0.1) is 6.10 Å². The highest BCUT2D eigenvalue weighted by molar-refractivity contribution is 5.23. The summed E-state index contributed by atoms with van der Waals surface area (Å²) in [4.78, 5) is 2.40. The Morgan fingerprint density at radius 2 is 1.94 bits per heavy atom. The lowest BCUT2D eigenvalue weighted by atomic mass is 9.95. The Balaban J connectivity index is 1.88. The van der Waals surface area contributed by atoms with Gasteiger partial charge in [-0.1, -0.05) is 43.7 Å². The van der Waals surface area contributed by atoms with Crippen LogP contribution < -0.4 is 0 Å². The van der Waals surface area contributed by atoms with Crippen LogP contribution in [0.2, 0.25) is 0 Å². The maximum atomic E-state index is 10.3. The fourth-order valence-corrected chi connectivity index (χ4v) is 2.71. The molecule has 2 heteroatoms. The third-order valence-electron chi connectivity index (χ3n) is 4.14. The van der Waals surface area contributed by atoms with Gasteiger partial charge in [0.15, 0.2) is 0 Å². The van der Waals surface area contributed by atoms with E-state index in [4.69, 9.17) is 0 Å². The number of aliphatic hydroxyl groups excluding tert-OH is 1. The van der Waals surface area contributed by atoms with Gasteiger partial charge < -0.3 is 10.0 Å². The lowest BCUT2D eigenvalue weighted by molar-refractivity contribution is 0.123. The molecule has 2 atom stereocenters. The van der Waals surface area contributed by atoms with E-state index in [1.165, 1.54) is 12.0 Å². The molecule has 100 valence electrons. The zero-order valence-electron chi connectivity index (χ0n) is 11.8. The van der Waals surface area contributed by atoms with Crippen LogP contribution in [0.4, 0.5) is 0 Å². The van der Waals surface area contributed by atoms with Crippen LogP contribution in [0.15, 0.2) is 24.3 Å². The van der Waals surface area contributed by atoms with Gasteiger partial charge in [-0.25, -0.2) is 0 Å². The summed E-state index contributed by atoms with van der Waals surface area (Å²) in [5.74, 6) is 1.56. The fourth-order valence-electron chi connectivity index (χ4n) is 2.71. The molecule has 1 saturated heterocycles. The molecule has 0 aliphatic carbocycles. The maximum absolute atomic E-state index is 10.3. The largest absolute Gasteiger partial charge is 0.387 e. The fraction of sp³-hybridized carbons (Fsp3) is 0.625. The predicted molar refractivity (Wildman–Crippen MR) is 75.5 cm³/mol. The molecule has 1 aliphatic rings. The van der Waals surface area contributed by atoms with E-state index in [1.54, 1.807) is 0 Å². The quantitative estimate of drug-likeness (QED) is 0.884. The van der Waals surface area contributed by atoms with Crippen molar-refractivity contribution in [1.82, 2.24) is 4.90 Å². The monoisotopic (exact) mass is 247 g/mol. The Labute approximate surface area is 111 Å². The van der Waals surface area contributed by atoms with Crippen molar-refractivity contribution in [1.29, 1.82) is 0 Å². The molecule has 2 rings (SSSR count). The SMILES string of the molecule is Cc1ccc(C(O)CN2CCC(C(C)C)C2)cc1. The molecule has 0 spiro atoms. The lowest BCUT2D eigenvalue weighted by Gasteiger charge is -2.21. The number of benzene rings is 1. The third-order valence-corrected chi connectivity index (χ3v) is 4.14. The Hall–Kier alpha value is -0.860. The van der Waals surface area contributed by atoms with Crippen LogP contribution in [0, 0.1) is 18.8 Å². The van der Waals surface area contributed by atoms with Gasteiger partial charge in [0.2, 0.25) is 0 Å². The summed E-state index contributed by atoms with van der Waals surface area (Å²) in [5.41, 5.74) is 2.28. The predicted octanol–water partition coefficient (Wildman–Crippen LogP) is 3.01. The van der Waals surface area contributed by atoms with Gasteiger partial charge in [-0.15, -0.1) is 0 Å². The smallest absolute Gasteiger partial charge is 0.0916 e. The van der Waals surface area contributed by atoms with Crippen molar-refractivity contribution in [2.75, 3.05) is 19.6 Å². The van der Waals surface area contributed by atoms with Crippen molar-refractivity contribution in [3.8, 4) is 0 Å². The lowest BCUT2D eigenvalue weighted by Crippen LogP contribution is -2.27. The van der Waals surface area contributed by atoms with E-state index in [9.17, 15) is 5.11 Å². The zero-order valence-corrected chi connectivity index (χ0v) is 11.8. The number of hydrogen-bond acceptors (Lipinski definition) is 2. The minimum Gasteiger partial charge on any atom is -0.387 e. The minimum atomic E-state index is -0.350. The van der Waals surface area contributed by atoms with Crippen molar-refractivity contribution in [2.45, 2.75) is 33.3 Å². The first-order valence-electron chi connectivity index (χ1n) is 7.03. The Bertz CT molecular complexity index is 371. The van der Waals surface area contributed by atoms with Crippen LogP contribution in [0.25, 0.3) is 0 Å². The second kappa shape index (κ2) is 5.85. The zero-order chi connectivity index (χ0) is 13.1. The Kier molecular flexibility index (Phi) is 4.41. The van der Waals surface area contributed by atoms with Crippen molar-refractivity contribution < 1.29 is 5.11 Å². The van der Waals surface area contributed by atoms with Crippen LogP contribution in [-0.4, -0.2) is 29.6 Å². The summed E-state index contributed by atoms with van der Waals surface area (Å²) < 4.78 is 0. The first-order chi connectivity index (χ1) is 8.56. The highest BCUT2D eigenvalue weighted by atomic mass is 16.3. The molecule has 0 saturated carbocycles. The minimum absolute atomic E-state index is 0.350. The van der Waals surface area contributed by atoms with Gasteiger partial charge >= 0.3 is 0 Å². The summed E-state index contributed by atoms with van der Waals surface area (Å²) in [6.45, 7) is 9.71. The van der Waals surface area contributed by atoms with Gasteiger partial charge in [-0.05, 0) is 37.3 Å². The van der Waals surface area contributed by atoms with Gasteiger partial charge in [0.25, 0.3) is 0 Å². The summed E-state index contributed by atoms with van der Waals surface area (Å²) in [6, 6.07) is 8.21. The average molecular weight is 247 g/mol. The van der Waals surface area contributed by atoms with E-state index < -0.39 is 0 Å². The van der Waals surface area contributed by atoms with E-state index in [0.717, 1.165) is 37.0 Å². The normalized spacial score (nSPS) is 22.6. The van der Waals surface area contributed by atoms with Crippen molar-refractivity contribution in [3.05, 3.63) is 35.4 Å². The maximum Gasteiger partial charge on any atom is 0.0916 e. The number of rotatable bonds is 4. The van der Waals surface area contributed by atoms with E-state index in [0.29, 0.717) is 0 Å². The Morgan fingerprint density at radius 1 is 1.28 bits per heavy atom. The summed E-state index contributed by atoms with van der Waals surface area (Å²) in [5, 5.41) is 10.3. The van der Waals surface area contributed by atoms with Crippen molar-refractivity contribution in [3.63, 3.8) is 0 Å². The average Bonchev–Trinajstić information content (AvgIpc) is 2.78. The molecule has 0 radical (unpaired) electrons. The number of aryl methyl sites for hydroxylation is 1. The second-order valence-corrected chi connectivity index (χ2v) is 5.98. The molecule has 2 unspecified atom stereocenters. The van der Waals surface area contributed by atoms with E-state index in [2.05, 4.69) is 37.8 Å². The van der Waals surface area contributed by atoms with Gasteiger partial charge in [-0.3, -0.25) is 0 Å². The van der Waals surface area contributed by atoms with Gasteiger partial charge in [-0.2, -0.15) is 0 Å². The molecule has 0 bridgehead atoms. The van der Waals surface area contributed by atoms with Crippen LogP contribution in [0.5, 0.6) is 0 Å². The molecule has 1 aromatic rings. The summed E-state index contributed by atoms with van der Waals surface area (Å²) in [7, 11) is 0. The number of likely N-dealkylation sites (tertiary alicyclic amines) is 1.